The van der Waals surface area contributed by atoms with Gasteiger partial charge in [-0.15, -0.1) is 0 Å². The summed E-state index contributed by atoms with van der Waals surface area (Å²) in [5.41, 5.74) is 7.51. The largest absolute Gasteiger partial charge is 0.384 e. The van der Waals surface area contributed by atoms with Crippen LogP contribution < -0.4 is 15.5 Å². The van der Waals surface area contributed by atoms with Gasteiger partial charge < -0.3 is 20.3 Å². The number of morpholine rings is 1. The van der Waals surface area contributed by atoms with E-state index in [1.807, 2.05) is 11.8 Å². The van der Waals surface area contributed by atoms with Crippen molar-refractivity contribution in [1.82, 2.24) is 24.2 Å². The third kappa shape index (κ3) is 4.45. The highest BCUT2D eigenvalue weighted by molar-refractivity contribution is 7.88. The first-order chi connectivity index (χ1) is 14.3. The number of ether oxygens (including phenoxy) is 1. The van der Waals surface area contributed by atoms with Crippen LogP contribution in [0, 0.1) is 6.92 Å². The van der Waals surface area contributed by atoms with Gasteiger partial charge in [0.1, 0.15) is 5.82 Å². The lowest BCUT2D eigenvalue weighted by molar-refractivity contribution is 0.122. The predicted octanol–water partition coefficient (Wildman–Crippen LogP) is -0.258. The SMILES string of the molecule is Cc1cc(N)ncc1-c1nc(N2CCOCC2)nc(N2CCN(S(C)(=O)=O)CC2)n1. The molecular formula is C18H26N8O3S. The van der Waals surface area contributed by atoms with Crippen LogP contribution in [0.25, 0.3) is 11.4 Å². The number of nitrogen functional groups attached to an aromatic ring is 1. The van der Waals surface area contributed by atoms with Crippen LogP contribution in [0.5, 0.6) is 0 Å². The van der Waals surface area contributed by atoms with Gasteiger partial charge in [-0.3, -0.25) is 0 Å². The summed E-state index contributed by atoms with van der Waals surface area (Å²) < 4.78 is 30.6. The van der Waals surface area contributed by atoms with Gasteiger partial charge in [-0.1, -0.05) is 0 Å². The number of aryl methyl sites for hydroxylation is 1. The van der Waals surface area contributed by atoms with Crippen LogP contribution in [0.15, 0.2) is 12.3 Å². The van der Waals surface area contributed by atoms with E-state index in [2.05, 4.69) is 9.88 Å². The van der Waals surface area contributed by atoms with Crippen molar-refractivity contribution in [3.8, 4) is 11.4 Å². The van der Waals surface area contributed by atoms with Crippen LogP contribution in [0.1, 0.15) is 5.56 Å². The number of hydrogen-bond acceptors (Lipinski definition) is 10. The Bertz CT molecular complexity index is 1020. The molecule has 0 aliphatic carbocycles. The Balaban J connectivity index is 1.69. The lowest BCUT2D eigenvalue weighted by Gasteiger charge is -2.34. The van der Waals surface area contributed by atoms with Gasteiger partial charge in [0.15, 0.2) is 5.82 Å². The molecular weight excluding hydrogens is 408 g/mol. The maximum atomic E-state index is 11.8. The Morgan fingerprint density at radius 2 is 1.57 bits per heavy atom. The fourth-order valence-electron chi connectivity index (χ4n) is 3.55. The molecule has 0 aromatic carbocycles. The molecule has 2 N–H and O–H groups in total. The fraction of sp³-hybridized carbons (Fsp3) is 0.556. The number of hydrogen-bond donors (Lipinski definition) is 1. The van der Waals surface area contributed by atoms with Crippen molar-refractivity contribution >= 4 is 27.7 Å². The number of pyridine rings is 1. The number of sulfonamides is 1. The smallest absolute Gasteiger partial charge is 0.230 e. The summed E-state index contributed by atoms with van der Waals surface area (Å²) in [4.78, 5) is 22.4. The normalized spacial score (nSPS) is 18.6. The molecule has 0 spiro atoms. The van der Waals surface area contributed by atoms with Gasteiger partial charge >= 0.3 is 0 Å². The summed E-state index contributed by atoms with van der Waals surface area (Å²) in [5.74, 6) is 2.08. The second-order valence-corrected chi connectivity index (χ2v) is 9.41. The fourth-order valence-corrected chi connectivity index (χ4v) is 4.38. The van der Waals surface area contributed by atoms with Crippen molar-refractivity contribution in [2.24, 2.45) is 0 Å². The average molecular weight is 435 g/mol. The lowest BCUT2D eigenvalue weighted by atomic mass is 10.1. The zero-order chi connectivity index (χ0) is 21.3. The van der Waals surface area contributed by atoms with Gasteiger partial charge in [0.25, 0.3) is 0 Å². The Morgan fingerprint density at radius 1 is 0.967 bits per heavy atom. The van der Waals surface area contributed by atoms with Crippen LogP contribution in [0.2, 0.25) is 0 Å². The predicted molar refractivity (Wildman–Crippen MR) is 114 cm³/mol. The molecule has 12 heteroatoms. The Kier molecular flexibility index (Phi) is 5.71. The van der Waals surface area contributed by atoms with Gasteiger partial charge in [0, 0.05) is 51.0 Å². The molecule has 0 saturated carbocycles. The topological polar surface area (TPSA) is 131 Å². The van der Waals surface area contributed by atoms with Crippen molar-refractivity contribution in [2.45, 2.75) is 6.92 Å². The molecule has 2 aromatic rings. The van der Waals surface area contributed by atoms with E-state index < -0.39 is 10.0 Å². The molecule has 2 saturated heterocycles. The second-order valence-electron chi connectivity index (χ2n) is 7.43. The van der Waals surface area contributed by atoms with Crippen molar-refractivity contribution in [3.63, 3.8) is 0 Å². The number of rotatable bonds is 4. The van der Waals surface area contributed by atoms with Crippen LogP contribution >= 0.6 is 0 Å². The van der Waals surface area contributed by atoms with E-state index in [0.717, 1.165) is 11.1 Å². The lowest BCUT2D eigenvalue weighted by Crippen LogP contribution is -2.49. The number of aromatic nitrogens is 4. The van der Waals surface area contributed by atoms with E-state index >= 15 is 0 Å². The Labute approximate surface area is 175 Å². The Hall–Kier alpha value is -2.57. The Morgan fingerprint density at radius 3 is 2.13 bits per heavy atom. The molecule has 0 amide bonds. The quantitative estimate of drug-likeness (QED) is 0.687. The highest BCUT2D eigenvalue weighted by Gasteiger charge is 2.26. The van der Waals surface area contributed by atoms with E-state index in [4.69, 9.17) is 25.4 Å². The molecule has 0 radical (unpaired) electrons. The molecule has 2 aliphatic rings. The molecule has 11 nitrogen and oxygen atoms in total. The zero-order valence-electron chi connectivity index (χ0n) is 17.2. The first kappa shape index (κ1) is 20.7. The van der Waals surface area contributed by atoms with Crippen molar-refractivity contribution in [1.29, 1.82) is 0 Å². The summed E-state index contributed by atoms with van der Waals surface area (Å²) in [7, 11) is -3.21. The van der Waals surface area contributed by atoms with Crippen LogP contribution in [-0.4, -0.2) is 91.4 Å². The zero-order valence-corrected chi connectivity index (χ0v) is 18.0. The van der Waals surface area contributed by atoms with Gasteiger partial charge in [-0.25, -0.2) is 13.4 Å². The molecule has 2 fully saturated rings. The standard InChI is InChI=1S/C18H26N8O3S/c1-13-11-15(19)20-12-14(13)16-21-17(23-18(22-16)25-7-9-29-10-8-25)24-3-5-26(6-4-24)30(2,27)28/h11-12H,3-10H2,1-2H3,(H2,19,20). The molecule has 0 unspecified atom stereocenters. The van der Waals surface area contributed by atoms with Gasteiger partial charge in [0.05, 0.1) is 19.5 Å². The summed E-state index contributed by atoms with van der Waals surface area (Å²) in [5, 5.41) is 0. The molecule has 162 valence electrons. The molecule has 0 atom stereocenters. The minimum Gasteiger partial charge on any atom is -0.384 e. The van der Waals surface area contributed by atoms with Crippen molar-refractivity contribution in [3.05, 3.63) is 17.8 Å². The summed E-state index contributed by atoms with van der Waals surface area (Å²) in [6.07, 6.45) is 2.91. The minimum atomic E-state index is -3.21. The number of anilines is 3. The summed E-state index contributed by atoms with van der Waals surface area (Å²) in [6.45, 7) is 6.39. The first-order valence-corrected chi connectivity index (χ1v) is 11.7. The number of nitrogens with two attached hydrogens (primary N) is 1. The first-order valence-electron chi connectivity index (χ1n) is 9.82. The van der Waals surface area contributed by atoms with Gasteiger partial charge in [-0.2, -0.15) is 19.3 Å². The van der Waals surface area contributed by atoms with Gasteiger partial charge in [0.2, 0.25) is 21.9 Å². The monoisotopic (exact) mass is 434 g/mol. The maximum absolute atomic E-state index is 11.8. The van der Waals surface area contributed by atoms with E-state index in [9.17, 15) is 8.42 Å². The minimum absolute atomic E-state index is 0.398. The molecule has 2 aliphatic heterocycles. The number of piperazine rings is 1. The molecule has 4 rings (SSSR count). The van der Waals surface area contributed by atoms with Crippen molar-refractivity contribution in [2.75, 3.05) is 74.3 Å². The molecule has 30 heavy (non-hydrogen) atoms. The van der Waals surface area contributed by atoms with Gasteiger partial charge in [-0.05, 0) is 18.6 Å². The summed E-state index contributed by atoms with van der Waals surface area (Å²) >= 11 is 0. The molecule has 0 bridgehead atoms. The van der Waals surface area contributed by atoms with Crippen LogP contribution in [0.4, 0.5) is 17.7 Å². The number of nitrogens with zero attached hydrogens (tertiary/aromatic N) is 7. The summed E-state index contributed by atoms with van der Waals surface area (Å²) in [6, 6.07) is 1.79. The van der Waals surface area contributed by atoms with Crippen molar-refractivity contribution < 1.29 is 13.2 Å². The average Bonchev–Trinajstić information content (AvgIpc) is 2.73. The molecule has 2 aromatic heterocycles. The maximum Gasteiger partial charge on any atom is 0.230 e. The highest BCUT2D eigenvalue weighted by atomic mass is 32.2. The van der Waals surface area contributed by atoms with E-state index in [1.165, 1.54) is 10.6 Å². The second kappa shape index (κ2) is 8.28. The van der Waals surface area contributed by atoms with Crippen LogP contribution in [0.3, 0.4) is 0 Å². The van der Waals surface area contributed by atoms with E-state index in [0.29, 0.717) is 76.0 Å². The molecule has 4 heterocycles. The van der Waals surface area contributed by atoms with Crippen LogP contribution in [-0.2, 0) is 14.8 Å². The highest BCUT2D eigenvalue weighted by Crippen LogP contribution is 2.25. The van der Waals surface area contributed by atoms with E-state index in [1.54, 1.807) is 12.3 Å². The third-order valence-electron chi connectivity index (χ3n) is 5.27. The third-order valence-corrected chi connectivity index (χ3v) is 6.57. The van der Waals surface area contributed by atoms with E-state index in [-0.39, 0.29) is 0 Å².